The van der Waals surface area contributed by atoms with Crippen LogP contribution in [-0.4, -0.2) is 55.6 Å². The van der Waals surface area contributed by atoms with Crippen LogP contribution in [0, 0.1) is 5.92 Å². The quantitative estimate of drug-likeness (QED) is 0.431. The number of carbonyl (C=O) groups excluding carboxylic acids is 2. The van der Waals surface area contributed by atoms with Crippen molar-refractivity contribution < 1.29 is 18.0 Å². The van der Waals surface area contributed by atoms with Crippen molar-refractivity contribution in [3.8, 4) is 0 Å². The lowest BCUT2D eigenvalue weighted by molar-refractivity contribution is -0.140. The van der Waals surface area contributed by atoms with Crippen molar-refractivity contribution in [3.05, 3.63) is 64.6 Å². The van der Waals surface area contributed by atoms with Gasteiger partial charge in [0, 0.05) is 37.6 Å². The number of amides is 2. The highest BCUT2D eigenvalue weighted by molar-refractivity contribution is 9.10. The number of benzene rings is 2. The van der Waals surface area contributed by atoms with E-state index >= 15 is 0 Å². The fraction of sp³-hybridized carbons (Fsp3) is 0.440. The summed E-state index contributed by atoms with van der Waals surface area (Å²) in [6.07, 6.45) is 0.473. The first-order valence-corrected chi connectivity index (χ1v) is 13.6. The molecule has 7 nitrogen and oxygen atoms in total. The highest BCUT2D eigenvalue weighted by atomic mass is 79.9. The minimum atomic E-state index is -3.62. The SMILES string of the molecule is CC(C)CNC(=O)C(C)N(Cc1cccc(Br)c1)C(=O)CCCN(C)S(=O)(=O)c1ccccc1. The van der Waals surface area contributed by atoms with Gasteiger partial charge >= 0.3 is 0 Å². The maximum Gasteiger partial charge on any atom is 0.242 e. The minimum Gasteiger partial charge on any atom is -0.354 e. The molecule has 2 aromatic carbocycles. The molecule has 1 atom stereocenters. The summed E-state index contributed by atoms with van der Waals surface area (Å²) >= 11 is 3.45. The number of nitrogens with one attached hydrogen (secondary N) is 1. The lowest BCUT2D eigenvalue weighted by Crippen LogP contribution is -2.48. The van der Waals surface area contributed by atoms with E-state index < -0.39 is 16.1 Å². The summed E-state index contributed by atoms with van der Waals surface area (Å²) in [5.74, 6) is -0.106. The summed E-state index contributed by atoms with van der Waals surface area (Å²) < 4.78 is 27.6. The molecule has 0 heterocycles. The van der Waals surface area contributed by atoms with E-state index in [9.17, 15) is 18.0 Å². The van der Waals surface area contributed by atoms with Gasteiger partial charge in [0.2, 0.25) is 21.8 Å². The molecular weight excluding hydrogens is 518 g/mol. The van der Waals surface area contributed by atoms with Crippen molar-refractivity contribution in [3.63, 3.8) is 0 Å². The molecule has 0 aromatic heterocycles. The van der Waals surface area contributed by atoms with Crippen molar-refractivity contribution >= 4 is 37.8 Å². The second-order valence-electron chi connectivity index (χ2n) is 8.71. The van der Waals surface area contributed by atoms with Gasteiger partial charge < -0.3 is 10.2 Å². The second kappa shape index (κ2) is 13.0. The fourth-order valence-electron chi connectivity index (χ4n) is 3.36. The van der Waals surface area contributed by atoms with Gasteiger partial charge in [0.25, 0.3) is 0 Å². The fourth-order valence-corrected chi connectivity index (χ4v) is 5.03. The van der Waals surface area contributed by atoms with E-state index in [2.05, 4.69) is 21.2 Å². The monoisotopic (exact) mass is 551 g/mol. The first-order chi connectivity index (χ1) is 16.0. The molecule has 34 heavy (non-hydrogen) atoms. The maximum absolute atomic E-state index is 13.2. The highest BCUT2D eigenvalue weighted by Crippen LogP contribution is 2.18. The molecule has 9 heteroatoms. The number of sulfonamides is 1. The topological polar surface area (TPSA) is 86.8 Å². The summed E-state index contributed by atoms with van der Waals surface area (Å²) in [5, 5.41) is 2.90. The molecule has 0 aliphatic rings. The van der Waals surface area contributed by atoms with Crippen LogP contribution in [0.2, 0.25) is 0 Å². The van der Waals surface area contributed by atoms with Gasteiger partial charge in [-0.25, -0.2) is 12.7 Å². The van der Waals surface area contributed by atoms with Crippen LogP contribution in [0.3, 0.4) is 0 Å². The summed E-state index contributed by atoms with van der Waals surface area (Å²) in [4.78, 5) is 27.7. The molecule has 1 unspecified atom stereocenters. The third-order valence-corrected chi connectivity index (χ3v) is 7.77. The zero-order valence-corrected chi connectivity index (χ0v) is 22.6. The van der Waals surface area contributed by atoms with Crippen molar-refractivity contribution in [2.24, 2.45) is 5.92 Å². The highest BCUT2D eigenvalue weighted by Gasteiger charge is 2.27. The van der Waals surface area contributed by atoms with Crippen LogP contribution in [0.15, 0.2) is 64.0 Å². The van der Waals surface area contributed by atoms with Crippen molar-refractivity contribution in [2.75, 3.05) is 20.1 Å². The van der Waals surface area contributed by atoms with Crippen LogP contribution in [0.5, 0.6) is 0 Å². The normalized spacial score (nSPS) is 12.6. The zero-order valence-electron chi connectivity index (χ0n) is 20.2. The lowest BCUT2D eigenvalue weighted by atomic mass is 10.1. The van der Waals surface area contributed by atoms with Gasteiger partial charge in [0.05, 0.1) is 4.90 Å². The number of hydrogen-bond acceptors (Lipinski definition) is 4. The third kappa shape index (κ3) is 8.21. The molecule has 2 rings (SSSR count). The molecule has 0 fully saturated rings. The molecule has 0 aliphatic heterocycles. The number of nitrogens with zero attached hydrogens (tertiary/aromatic N) is 2. The van der Waals surface area contributed by atoms with E-state index in [-0.39, 0.29) is 36.2 Å². The predicted octanol–water partition coefficient (Wildman–Crippen LogP) is 4.04. The van der Waals surface area contributed by atoms with Crippen LogP contribution in [0.25, 0.3) is 0 Å². The minimum absolute atomic E-state index is 0.129. The molecular formula is C25H34BrN3O4S. The Morgan fingerprint density at radius 2 is 1.71 bits per heavy atom. The Kier molecular flexibility index (Phi) is 10.7. The average Bonchev–Trinajstić information content (AvgIpc) is 2.80. The van der Waals surface area contributed by atoms with Crippen LogP contribution < -0.4 is 5.32 Å². The van der Waals surface area contributed by atoms with Gasteiger partial charge in [0.1, 0.15) is 6.04 Å². The summed E-state index contributed by atoms with van der Waals surface area (Å²) in [6.45, 7) is 6.75. The van der Waals surface area contributed by atoms with E-state index in [1.54, 1.807) is 42.2 Å². The van der Waals surface area contributed by atoms with Gasteiger partial charge in [-0.2, -0.15) is 0 Å². The average molecular weight is 553 g/mol. The molecule has 186 valence electrons. The Morgan fingerprint density at radius 1 is 1.03 bits per heavy atom. The number of halogens is 1. The molecule has 1 N–H and O–H groups in total. The molecule has 2 amide bonds. The summed E-state index contributed by atoms with van der Waals surface area (Å²) in [6, 6.07) is 15.2. The number of rotatable bonds is 12. The Bertz CT molecular complexity index is 1060. The third-order valence-electron chi connectivity index (χ3n) is 5.41. The van der Waals surface area contributed by atoms with Gasteiger partial charge in [0.15, 0.2) is 0 Å². The summed E-state index contributed by atoms with van der Waals surface area (Å²) in [7, 11) is -2.11. The first kappa shape index (κ1) is 28.0. The summed E-state index contributed by atoms with van der Waals surface area (Å²) in [5.41, 5.74) is 0.898. The van der Waals surface area contributed by atoms with Crippen molar-refractivity contribution in [2.45, 2.75) is 51.1 Å². The Hall–Kier alpha value is -2.23. The smallest absolute Gasteiger partial charge is 0.242 e. The molecule has 0 bridgehead atoms. The van der Waals surface area contributed by atoms with E-state index in [1.807, 2.05) is 38.1 Å². The standard InChI is InChI=1S/C25H34BrN3O4S/c1-19(2)17-27-25(31)20(3)29(18-21-10-8-11-22(26)16-21)24(30)14-9-15-28(4)34(32,33)23-12-6-5-7-13-23/h5-8,10-13,16,19-20H,9,14-15,17-18H2,1-4H3,(H,27,31). The zero-order chi connectivity index (χ0) is 25.3. The van der Waals surface area contributed by atoms with Crippen LogP contribution in [0.1, 0.15) is 39.2 Å². The van der Waals surface area contributed by atoms with Crippen LogP contribution >= 0.6 is 15.9 Å². The number of carbonyl (C=O) groups is 2. The molecule has 0 spiro atoms. The first-order valence-electron chi connectivity index (χ1n) is 11.4. The van der Waals surface area contributed by atoms with Gasteiger partial charge in [-0.15, -0.1) is 0 Å². The largest absolute Gasteiger partial charge is 0.354 e. The van der Waals surface area contributed by atoms with E-state index in [0.717, 1.165) is 10.0 Å². The van der Waals surface area contributed by atoms with Gasteiger partial charge in [-0.3, -0.25) is 9.59 Å². The Morgan fingerprint density at radius 3 is 2.32 bits per heavy atom. The van der Waals surface area contributed by atoms with E-state index in [4.69, 9.17) is 0 Å². The molecule has 0 saturated carbocycles. The van der Waals surface area contributed by atoms with Crippen molar-refractivity contribution in [1.82, 2.24) is 14.5 Å². The van der Waals surface area contributed by atoms with E-state index in [1.165, 1.54) is 11.4 Å². The van der Waals surface area contributed by atoms with E-state index in [0.29, 0.717) is 18.9 Å². The molecule has 0 radical (unpaired) electrons. The van der Waals surface area contributed by atoms with Crippen LogP contribution in [0.4, 0.5) is 0 Å². The molecule has 2 aromatic rings. The predicted molar refractivity (Wildman–Crippen MR) is 137 cm³/mol. The Balaban J connectivity index is 2.07. The molecule has 0 saturated heterocycles. The number of hydrogen-bond donors (Lipinski definition) is 1. The van der Waals surface area contributed by atoms with Crippen LogP contribution in [-0.2, 0) is 26.2 Å². The Labute approximate surface area is 211 Å². The second-order valence-corrected chi connectivity index (χ2v) is 11.7. The maximum atomic E-state index is 13.2. The van der Waals surface area contributed by atoms with Crippen molar-refractivity contribution in [1.29, 1.82) is 0 Å². The molecule has 0 aliphatic carbocycles. The van der Waals surface area contributed by atoms with Gasteiger partial charge in [-0.1, -0.05) is 60.1 Å². The van der Waals surface area contributed by atoms with Gasteiger partial charge in [-0.05, 0) is 49.1 Å². The lowest BCUT2D eigenvalue weighted by Gasteiger charge is -2.29.